The second-order valence-electron chi connectivity index (χ2n) is 32.4. The van der Waals surface area contributed by atoms with Gasteiger partial charge in [0.2, 0.25) is 17.3 Å². The zero-order valence-corrected chi connectivity index (χ0v) is 77.4. The van der Waals surface area contributed by atoms with Crippen molar-refractivity contribution < 1.29 is 105 Å². The van der Waals surface area contributed by atoms with Gasteiger partial charge in [0, 0.05) is 92.7 Å². The summed E-state index contributed by atoms with van der Waals surface area (Å²) in [6.07, 6.45) is 9.47. The number of benzene rings is 4. The van der Waals surface area contributed by atoms with Crippen LogP contribution in [0, 0.1) is 38.5 Å². The van der Waals surface area contributed by atoms with Crippen LogP contribution in [-0.2, 0) is 104 Å². The summed E-state index contributed by atoms with van der Waals surface area (Å²) < 4.78 is 124. The number of nitrogens with one attached hydrogen (secondary N) is 3. The number of halogens is 1. The number of imidazole rings is 1. The third kappa shape index (κ3) is 23.8. The van der Waals surface area contributed by atoms with Gasteiger partial charge >= 0.3 is 44.7 Å². The molecule has 4 aromatic carbocycles. The molecule has 0 amide bonds. The lowest BCUT2D eigenvalue weighted by Crippen LogP contribution is -2.28. The summed E-state index contributed by atoms with van der Waals surface area (Å²) >= 11 is 10.4. The van der Waals surface area contributed by atoms with Crippen LogP contribution in [0.4, 0.5) is 17.5 Å². The van der Waals surface area contributed by atoms with Gasteiger partial charge in [-0.15, -0.1) is 34.0 Å². The summed E-state index contributed by atoms with van der Waals surface area (Å²) in [5, 5.41) is 46.0. The van der Waals surface area contributed by atoms with E-state index in [1.807, 2.05) is 81.4 Å². The molecule has 0 radical (unpaired) electrons. The third-order valence-corrected chi connectivity index (χ3v) is 28.8. The number of aliphatic hydroxyl groups is 2. The van der Waals surface area contributed by atoms with Gasteiger partial charge in [-0.3, -0.25) is 31.5 Å². The first-order valence-electron chi connectivity index (χ1n) is 41.7. The highest BCUT2D eigenvalue weighted by molar-refractivity contribution is 7.84. The predicted molar refractivity (Wildman–Crippen MR) is 483 cm³/mol. The molecule has 3 fully saturated rings. The number of ketones is 3. The molecule has 45 heteroatoms. The summed E-state index contributed by atoms with van der Waals surface area (Å²) in [5.41, 5.74) is 11.7. The normalized spacial score (nSPS) is 21.9. The molecule has 6 aliphatic rings. The maximum Gasteiger partial charge on any atom is 0.469 e. The summed E-state index contributed by atoms with van der Waals surface area (Å²) in [6, 6.07) is 30.8. The fraction of sp³-hybridized carbons (Fsp3) is 0.384. The van der Waals surface area contributed by atoms with Crippen LogP contribution in [0.5, 0.6) is 0 Å². The number of phosphoric ester groups is 1. The number of anilines is 3. The van der Waals surface area contributed by atoms with Crippen LogP contribution in [0.3, 0.4) is 0 Å². The van der Waals surface area contributed by atoms with E-state index < -0.39 is 93.4 Å². The second-order valence-corrected chi connectivity index (χ2v) is 41.5. The number of rotatable bonds is 30. The van der Waals surface area contributed by atoms with Crippen molar-refractivity contribution in [1.82, 2.24) is 39.5 Å². The highest BCUT2D eigenvalue weighted by Crippen LogP contribution is 2.45. The van der Waals surface area contributed by atoms with Gasteiger partial charge in [0.1, 0.15) is 66.7 Å². The van der Waals surface area contributed by atoms with Crippen molar-refractivity contribution in [3.05, 3.63) is 253 Å². The van der Waals surface area contributed by atoms with E-state index in [1.165, 1.54) is 107 Å². The van der Waals surface area contributed by atoms with Crippen molar-refractivity contribution in [2.24, 2.45) is 33.2 Å². The topological polar surface area (TPSA) is 552 Å². The van der Waals surface area contributed by atoms with E-state index in [0.717, 1.165) is 84.1 Å². The highest BCUT2D eigenvalue weighted by atomic mass is 35.5. The number of hydrogen-bond donors (Lipinski definition) is 10. The van der Waals surface area contributed by atoms with Crippen molar-refractivity contribution in [1.29, 1.82) is 0 Å². The Hall–Kier alpha value is -9.62. The maximum atomic E-state index is 14.0. The summed E-state index contributed by atoms with van der Waals surface area (Å²) in [7, 11) is -17.3. The minimum atomic E-state index is -4.74. The van der Waals surface area contributed by atoms with Crippen LogP contribution in [0.1, 0.15) is 190 Å². The quantitative estimate of drug-likeness (QED) is 0.0114. The van der Waals surface area contributed by atoms with Crippen LogP contribution >= 0.6 is 53.4 Å². The molecule has 12 atom stereocenters. The number of ether oxygens (including phenoxy) is 4. The number of hydrogen-bond acceptors (Lipinski definition) is 34. The minimum Gasteiger partial charge on any atom is -0.458 e. The zero-order chi connectivity index (χ0) is 93.0. The first-order chi connectivity index (χ1) is 62.4. The lowest BCUT2D eigenvalue weighted by Gasteiger charge is -2.27. The van der Waals surface area contributed by atoms with Gasteiger partial charge < -0.3 is 59.5 Å². The van der Waals surface area contributed by atoms with Crippen LogP contribution in [-0.4, -0.2) is 184 Å². The molecule has 3 aliphatic carbocycles. The highest BCUT2D eigenvalue weighted by Gasteiger charge is 2.42. The molecule has 17 rings (SSSR count). The van der Waals surface area contributed by atoms with E-state index in [1.54, 1.807) is 0 Å². The van der Waals surface area contributed by atoms with Crippen molar-refractivity contribution >= 4 is 136 Å². The molecule has 7 aromatic heterocycles. The second kappa shape index (κ2) is 41.1. The van der Waals surface area contributed by atoms with Crippen molar-refractivity contribution in [2.75, 3.05) is 55.6 Å². The first-order valence-corrected chi connectivity index (χ1v) is 50.4. The van der Waals surface area contributed by atoms with Crippen LogP contribution in [0.15, 0.2) is 141 Å². The first kappa shape index (κ1) is 96.0. The molecule has 3 aliphatic heterocycles. The monoisotopic (exact) mass is 1950 g/mol. The molecule has 37 nitrogen and oxygen atoms in total. The summed E-state index contributed by atoms with van der Waals surface area (Å²) in [5.74, 6) is -1.25. The molecule has 10 heterocycles. The fourth-order valence-corrected chi connectivity index (χ4v) is 21.8. The molecule has 3 saturated carbocycles. The minimum absolute atomic E-state index is 0.0776. The average Bonchev–Trinajstić information content (AvgIpc) is 1.27. The number of thiophene rings is 3. The molecule has 0 bridgehead atoms. The average molecular weight is 1950 g/mol. The van der Waals surface area contributed by atoms with Gasteiger partial charge in [-0.2, -0.15) is 25.3 Å². The van der Waals surface area contributed by atoms with Gasteiger partial charge in [-0.1, -0.05) is 67.1 Å². The largest absolute Gasteiger partial charge is 0.469 e. The number of fused-ring (bicyclic) bond motifs is 5. The summed E-state index contributed by atoms with van der Waals surface area (Å²) in [4.78, 5) is 107. The Morgan fingerprint density at radius 2 is 1.00 bits per heavy atom. The molecule has 13 N–H and O–H groups in total. The molecule has 131 heavy (non-hydrogen) atoms. The van der Waals surface area contributed by atoms with E-state index in [2.05, 4.69) is 88.4 Å². The van der Waals surface area contributed by atoms with E-state index in [0.29, 0.717) is 100 Å². The number of aryl methyl sites for hydroxylation is 4. The van der Waals surface area contributed by atoms with Crippen LogP contribution in [0.2, 0.25) is 5.02 Å². The molecule has 0 saturated heterocycles. The Labute approximate surface area is 770 Å². The zero-order valence-electron chi connectivity index (χ0n) is 70.9. The number of nitrogens with zero attached hydrogens (tertiary/aromatic N) is 8. The van der Waals surface area contributed by atoms with Gasteiger partial charge in [-0.05, 0) is 171 Å². The third-order valence-electron chi connectivity index (χ3n) is 23.5. The van der Waals surface area contributed by atoms with E-state index in [4.69, 9.17) is 64.9 Å². The molecule has 694 valence electrons. The van der Waals surface area contributed by atoms with E-state index in [9.17, 15) is 59.2 Å². The smallest absolute Gasteiger partial charge is 0.458 e. The number of carbonyl (C=O) groups is 4. The molecule has 11 aromatic rings. The number of carbonyl (C=O) groups excluding carboxylic acids is 4. The Morgan fingerprint density at radius 3 is 1.50 bits per heavy atom. The predicted octanol–water partition coefficient (Wildman–Crippen LogP) is 10.0. The number of esters is 1. The Balaban J connectivity index is 0.000000153. The number of para-hydroxylation sites is 2. The Kier molecular flexibility index (Phi) is 30.1. The van der Waals surface area contributed by atoms with Crippen molar-refractivity contribution in [3.63, 3.8) is 0 Å². The molecular formula is C86H94ClN14O23PS6. The lowest BCUT2D eigenvalue weighted by molar-refractivity contribution is 0.0150. The number of aromatic nitrogens is 8. The SMILES string of the molecule is CCc1ccc2c(c1)C(c1cc(C(=O)c3cncnc3N[C@@H]3C[C@H](COS(N)(=O)=O)[C@@H](O)C3)sc1C)OCC2.Cc1sc(C(=O)c2cncnc2N[C@@H]2C[C@H](COS(N)(=O)=O)[C@@H](O)C2)cc1C1OCCn2c1nc1ccccc12.Cc1sc(C(=O)c2cncnc2N[C@@H]2C[C@H](COS(N)(=O)=O)[C@@H](OC(=O)c3cccc(COP(=O)(O)O)c3)C2)cc1[C@@H]1OCCc2ccc(Cl)cc21. The maximum absolute atomic E-state index is 14.0. The van der Waals surface area contributed by atoms with E-state index >= 15 is 0 Å². The Morgan fingerprint density at radius 1 is 0.542 bits per heavy atom. The summed E-state index contributed by atoms with van der Waals surface area (Å²) in [6.45, 7) is 9.16. The molecular weight excluding hydrogens is 1860 g/mol. The van der Waals surface area contributed by atoms with E-state index in [-0.39, 0.29) is 97.4 Å². The standard InChI is InChI=1S/C33H34ClN4O11PS2.C27H32N4O6S2.C26H28N6O6S2/c1-18-25(31-26-11-23(34)6-5-20(26)7-8-46-31)13-29(51-18)30(39)27-14-36-17-37-32(27)38-24-10-22(16-48-52(35,44)45)28(12-24)49-33(40)21-4-2-3-19(9-21)15-47-50(41,42)43;1-3-16-4-5-17-6-7-36-26(21(17)8-16)20-11-24(38-15(20)2)25(33)22-12-29-14-30-27(22)31-19-9-18(23(32)10-19)13-37-39(28,34)35;1-14-17(24-26-31-19-4-2-3-5-20(19)32(26)6-7-37-24)10-22(39-14)23(34)18-11-28-13-29-25(18)30-16-8-15(21(33)9-16)12-38-40(27,35)36/h2-6,9,11,13-14,17,22,24,28,31H,7-8,10,12,15-16H2,1H3,(H2,35,44,45)(H,36,37,38)(H2,41,42,43);4-5,8,11-12,14,18-19,23,26,32H,3,6-7,9-10,13H2,1-2H3,(H2,28,34,35)(H,29,30,31);2-5,10-11,13,15-16,21,24,33H,6-9,12H2,1H3,(H2,27,35,36)(H,28,29,30)/t22-,24-,28+,31+;18-,19-,23+,26?;15-,16-,21+,24?/m111/s1. The number of aliphatic hydroxyl groups excluding tert-OH is 2. The lowest BCUT2D eigenvalue weighted by atomic mass is 9.91. The number of phosphoric acid groups is 1. The molecule has 0 spiro atoms. The van der Waals surface area contributed by atoms with Crippen molar-refractivity contribution in [2.45, 2.75) is 153 Å². The fourth-order valence-electron chi connectivity index (χ4n) is 17.2. The van der Waals surface area contributed by atoms with Gasteiger partial charge in [-0.25, -0.2) is 59.7 Å². The Bertz CT molecular complexity index is 6520. The van der Waals surface area contributed by atoms with Crippen LogP contribution in [0.25, 0.3) is 11.0 Å². The van der Waals surface area contributed by atoms with Crippen molar-refractivity contribution in [3.8, 4) is 0 Å². The number of nitrogens with two attached hydrogens (primary N) is 3. The van der Waals surface area contributed by atoms with Gasteiger partial charge in [0.25, 0.3) is 0 Å². The van der Waals surface area contributed by atoms with Gasteiger partial charge in [0.05, 0.1) is 106 Å². The van der Waals surface area contributed by atoms with Crippen LogP contribution < -0.4 is 31.4 Å². The molecule has 2 unspecified atom stereocenters. The van der Waals surface area contributed by atoms with Gasteiger partial charge in [0.15, 0.2) is 0 Å².